The lowest BCUT2D eigenvalue weighted by Crippen LogP contribution is -2.34. The van der Waals surface area contributed by atoms with Crippen molar-refractivity contribution in [1.82, 2.24) is 5.32 Å². The molecule has 2 aromatic rings. The molecule has 8 heteroatoms. The van der Waals surface area contributed by atoms with E-state index in [0.717, 1.165) is 30.4 Å². The van der Waals surface area contributed by atoms with E-state index in [0.29, 0.717) is 0 Å². The minimum absolute atomic E-state index is 0.0358. The zero-order valence-electron chi connectivity index (χ0n) is 15.6. The van der Waals surface area contributed by atoms with E-state index >= 15 is 0 Å². The first-order chi connectivity index (χ1) is 13.4. The van der Waals surface area contributed by atoms with Gasteiger partial charge in [-0.3, -0.25) is 20.2 Å². The number of piperidine rings is 1. The van der Waals surface area contributed by atoms with Crippen molar-refractivity contribution in [2.24, 2.45) is 5.92 Å². The van der Waals surface area contributed by atoms with Crippen molar-refractivity contribution in [3.8, 4) is 0 Å². The van der Waals surface area contributed by atoms with Crippen LogP contribution in [0.5, 0.6) is 0 Å². The minimum Gasteiger partial charge on any atom is -0.372 e. The second-order valence-electron chi connectivity index (χ2n) is 6.90. The van der Waals surface area contributed by atoms with Crippen molar-refractivity contribution in [2.75, 3.05) is 23.3 Å². The standard InChI is InChI=1S/C20H22N4O3S/c1-14-10-12-23(13-11-14)16-8-6-15(7-9-16)21-20(28)22-19(25)17-4-2-3-5-18(17)24(26)27/h2-9,14H,10-13H2,1H3,(H2,21,22,25,28). The Hall–Kier alpha value is -3.00. The molecule has 1 aliphatic rings. The predicted octanol–water partition coefficient (Wildman–Crippen LogP) is 3.96. The summed E-state index contributed by atoms with van der Waals surface area (Å²) in [6.45, 7) is 4.39. The van der Waals surface area contributed by atoms with E-state index in [4.69, 9.17) is 12.2 Å². The maximum absolute atomic E-state index is 12.3. The average Bonchev–Trinajstić information content (AvgIpc) is 2.69. The summed E-state index contributed by atoms with van der Waals surface area (Å²) in [5, 5.41) is 16.6. The van der Waals surface area contributed by atoms with Crippen LogP contribution in [0.2, 0.25) is 0 Å². The molecule has 0 bridgehead atoms. The molecule has 28 heavy (non-hydrogen) atoms. The molecule has 3 rings (SSSR count). The second kappa shape index (κ2) is 8.79. The first kappa shape index (κ1) is 19.8. The number of nitrogens with zero attached hydrogens (tertiary/aromatic N) is 2. The molecule has 2 aromatic carbocycles. The van der Waals surface area contributed by atoms with Gasteiger partial charge in [-0.05, 0) is 61.3 Å². The lowest BCUT2D eigenvalue weighted by molar-refractivity contribution is -0.385. The maximum atomic E-state index is 12.3. The Morgan fingerprint density at radius 1 is 1.14 bits per heavy atom. The van der Waals surface area contributed by atoms with Crippen LogP contribution in [0.3, 0.4) is 0 Å². The average molecular weight is 398 g/mol. The van der Waals surface area contributed by atoms with Crippen LogP contribution < -0.4 is 15.5 Å². The Labute approximate surface area is 168 Å². The molecular formula is C20H22N4O3S. The molecule has 1 aliphatic heterocycles. The van der Waals surface area contributed by atoms with Gasteiger partial charge in [0.1, 0.15) is 5.56 Å². The summed E-state index contributed by atoms with van der Waals surface area (Å²) < 4.78 is 0. The highest BCUT2D eigenvalue weighted by atomic mass is 32.1. The van der Waals surface area contributed by atoms with E-state index in [1.807, 2.05) is 24.3 Å². The van der Waals surface area contributed by atoms with Crippen LogP contribution in [-0.2, 0) is 0 Å². The van der Waals surface area contributed by atoms with E-state index in [-0.39, 0.29) is 16.4 Å². The second-order valence-corrected chi connectivity index (χ2v) is 7.31. The van der Waals surface area contributed by atoms with Gasteiger partial charge >= 0.3 is 0 Å². The van der Waals surface area contributed by atoms with E-state index in [2.05, 4.69) is 22.5 Å². The third kappa shape index (κ3) is 4.83. The summed E-state index contributed by atoms with van der Waals surface area (Å²) in [7, 11) is 0. The molecule has 1 heterocycles. The first-order valence-electron chi connectivity index (χ1n) is 9.15. The van der Waals surface area contributed by atoms with Gasteiger partial charge in [-0.25, -0.2) is 0 Å². The van der Waals surface area contributed by atoms with Crippen LogP contribution >= 0.6 is 12.2 Å². The molecule has 0 unspecified atom stereocenters. The number of anilines is 2. The topological polar surface area (TPSA) is 87.5 Å². The van der Waals surface area contributed by atoms with Crippen LogP contribution in [0.25, 0.3) is 0 Å². The number of hydrogen-bond acceptors (Lipinski definition) is 5. The van der Waals surface area contributed by atoms with Gasteiger partial charge in [0.25, 0.3) is 11.6 Å². The van der Waals surface area contributed by atoms with Gasteiger partial charge in [0, 0.05) is 30.5 Å². The molecule has 0 atom stereocenters. The minimum atomic E-state index is -0.621. The van der Waals surface area contributed by atoms with E-state index in [1.54, 1.807) is 6.07 Å². The quantitative estimate of drug-likeness (QED) is 0.461. The molecule has 1 amide bonds. The Morgan fingerprint density at radius 2 is 1.79 bits per heavy atom. The van der Waals surface area contributed by atoms with Crippen molar-refractivity contribution >= 4 is 40.3 Å². The van der Waals surface area contributed by atoms with Crippen molar-refractivity contribution in [3.05, 3.63) is 64.2 Å². The predicted molar refractivity (Wildman–Crippen MR) is 114 cm³/mol. The number of nitro groups is 1. The lowest BCUT2D eigenvalue weighted by atomic mass is 9.99. The number of hydrogen-bond donors (Lipinski definition) is 2. The maximum Gasteiger partial charge on any atom is 0.282 e. The number of rotatable bonds is 4. The molecule has 0 saturated carbocycles. The number of carbonyl (C=O) groups excluding carboxylic acids is 1. The number of para-hydroxylation sites is 1. The third-order valence-electron chi connectivity index (χ3n) is 4.85. The van der Waals surface area contributed by atoms with Crippen molar-refractivity contribution in [1.29, 1.82) is 0 Å². The SMILES string of the molecule is CC1CCN(c2ccc(NC(=S)NC(=O)c3ccccc3[N+](=O)[O-])cc2)CC1. The zero-order chi connectivity index (χ0) is 20.1. The summed E-state index contributed by atoms with van der Waals surface area (Å²) in [4.78, 5) is 25.1. The largest absolute Gasteiger partial charge is 0.372 e. The summed E-state index contributed by atoms with van der Waals surface area (Å²) in [6.07, 6.45) is 2.39. The summed E-state index contributed by atoms with van der Waals surface area (Å²) in [5.41, 5.74) is 1.60. The van der Waals surface area contributed by atoms with Gasteiger partial charge in [-0.1, -0.05) is 19.1 Å². The fourth-order valence-electron chi connectivity index (χ4n) is 3.18. The van der Waals surface area contributed by atoms with Crippen molar-refractivity contribution in [2.45, 2.75) is 19.8 Å². The number of nitrogens with one attached hydrogen (secondary N) is 2. The zero-order valence-corrected chi connectivity index (χ0v) is 16.4. The van der Waals surface area contributed by atoms with Crippen LogP contribution in [0.4, 0.5) is 17.1 Å². The molecule has 0 radical (unpaired) electrons. The van der Waals surface area contributed by atoms with Gasteiger partial charge in [0.05, 0.1) is 4.92 Å². The van der Waals surface area contributed by atoms with Crippen molar-refractivity contribution in [3.63, 3.8) is 0 Å². The monoisotopic (exact) mass is 398 g/mol. The van der Waals surface area contributed by atoms with Gasteiger partial charge in [0.2, 0.25) is 0 Å². The number of carbonyl (C=O) groups is 1. The fourth-order valence-corrected chi connectivity index (χ4v) is 3.39. The van der Waals surface area contributed by atoms with Gasteiger partial charge < -0.3 is 10.2 Å². The number of thiocarbonyl (C=S) groups is 1. The lowest BCUT2D eigenvalue weighted by Gasteiger charge is -2.32. The van der Waals surface area contributed by atoms with Gasteiger partial charge in [-0.15, -0.1) is 0 Å². The molecule has 7 nitrogen and oxygen atoms in total. The van der Waals surface area contributed by atoms with Crippen LogP contribution in [0, 0.1) is 16.0 Å². The highest BCUT2D eigenvalue weighted by Crippen LogP contribution is 2.24. The number of nitro benzene ring substituents is 1. The van der Waals surface area contributed by atoms with Crippen LogP contribution in [0.15, 0.2) is 48.5 Å². The molecule has 1 saturated heterocycles. The Morgan fingerprint density at radius 3 is 2.43 bits per heavy atom. The van der Waals surface area contributed by atoms with Gasteiger partial charge in [0.15, 0.2) is 5.11 Å². The highest BCUT2D eigenvalue weighted by Gasteiger charge is 2.20. The van der Waals surface area contributed by atoms with E-state index in [1.165, 1.54) is 31.0 Å². The Bertz CT molecular complexity index is 877. The van der Waals surface area contributed by atoms with Crippen molar-refractivity contribution < 1.29 is 9.72 Å². The molecule has 0 spiro atoms. The first-order valence-corrected chi connectivity index (χ1v) is 9.55. The number of benzene rings is 2. The summed E-state index contributed by atoms with van der Waals surface area (Å²) in [6, 6.07) is 13.6. The van der Waals surface area contributed by atoms with Crippen LogP contribution in [0.1, 0.15) is 30.1 Å². The molecular weight excluding hydrogens is 376 g/mol. The summed E-state index contributed by atoms with van der Waals surface area (Å²) >= 11 is 5.17. The van der Waals surface area contributed by atoms with E-state index in [9.17, 15) is 14.9 Å². The van der Waals surface area contributed by atoms with Gasteiger partial charge in [-0.2, -0.15) is 0 Å². The highest BCUT2D eigenvalue weighted by molar-refractivity contribution is 7.80. The van der Waals surface area contributed by atoms with E-state index < -0.39 is 10.8 Å². The molecule has 0 aromatic heterocycles. The molecule has 146 valence electrons. The summed E-state index contributed by atoms with van der Waals surface area (Å²) in [5.74, 6) is 0.155. The Balaban J connectivity index is 1.59. The molecule has 1 fully saturated rings. The van der Waals surface area contributed by atoms with Crippen LogP contribution in [-0.4, -0.2) is 29.0 Å². The molecule has 2 N–H and O–H groups in total. The Kier molecular flexibility index (Phi) is 6.20. The third-order valence-corrected chi connectivity index (χ3v) is 5.05. The normalized spacial score (nSPS) is 14.4. The smallest absolute Gasteiger partial charge is 0.282 e. The fraction of sp³-hybridized carbons (Fsp3) is 0.300. The molecule has 0 aliphatic carbocycles. The number of amides is 1.